The van der Waals surface area contributed by atoms with Crippen molar-refractivity contribution in [2.45, 2.75) is 6.42 Å². The fourth-order valence-corrected chi connectivity index (χ4v) is 1.37. The Morgan fingerprint density at radius 1 is 1.50 bits per heavy atom. The minimum absolute atomic E-state index is 0.191. The van der Waals surface area contributed by atoms with Crippen LogP contribution in [-0.2, 0) is 20.9 Å². The van der Waals surface area contributed by atoms with E-state index in [1.165, 1.54) is 0 Å². The Morgan fingerprint density at radius 3 is 3.06 bits per heavy atom. The van der Waals surface area contributed by atoms with Gasteiger partial charge in [0.25, 0.3) is 0 Å². The molecule has 16 heavy (non-hydrogen) atoms. The van der Waals surface area contributed by atoms with Gasteiger partial charge >= 0.3 is 11.9 Å². The number of hydrogen-bond donors (Lipinski definition) is 1. The summed E-state index contributed by atoms with van der Waals surface area (Å²) in [5, 5.41) is 8.01. The predicted octanol–water partition coefficient (Wildman–Crippen LogP) is 0.543. The van der Waals surface area contributed by atoms with Crippen LogP contribution in [0, 0.1) is 0 Å². The number of carbonyl (C=O) groups excluding carboxylic acids is 2. The van der Waals surface area contributed by atoms with Gasteiger partial charge < -0.3 is 9.47 Å². The summed E-state index contributed by atoms with van der Waals surface area (Å²) in [6.07, 6.45) is 0.191. The highest BCUT2D eigenvalue weighted by atomic mass is 17.1. The van der Waals surface area contributed by atoms with Crippen LogP contribution < -0.4 is 9.47 Å². The molecular formula is C10H8O6. The van der Waals surface area contributed by atoms with Crippen molar-refractivity contribution in [3.8, 4) is 11.5 Å². The summed E-state index contributed by atoms with van der Waals surface area (Å²) >= 11 is 0. The predicted molar refractivity (Wildman–Crippen MR) is 50.0 cm³/mol. The van der Waals surface area contributed by atoms with Gasteiger partial charge in [-0.2, -0.15) is 5.26 Å². The van der Waals surface area contributed by atoms with Crippen LogP contribution in [0.5, 0.6) is 11.5 Å². The third-order valence-corrected chi connectivity index (χ3v) is 2.05. The number of rotatable bonds is 3. The summed E-state index contributed by atoms with van der Waals surface area (Å²) in [5.74, 6) is -0.306. The van der Waals surface area contributed by atoms with Gasteiger partial charge in [0.05, 0.1) is 6.42 Å². The summed E-state index contributed by atoms with van der Waals surface area (Å²) in [5.41, 5.74) is 0.708. The van der Waals surface area contributed by atoms with Crippen LogP contribution in [0.15, 0.2) is 18.2 Å². The zero-order chi connectivity index (χ0) is 11.5. The first-order valence-electron chi connectivity index (χ1n) is 4.49. The SMILES string of the molecule is O=C(COc1ccc2c(c1)CC(=O)O2)OO. The molecule has 1 aromatic rings. The maximum atomic E-state index is 11.0. The fourth-order valence-electron chi connectivity index (χ4n) is 1.37. The van der Waals surface area contributed by atoms with Crippen molar-refractivity contribution in [3.05, 3.63) is 23.8 Å². The smallest absolute Gasteiger partial charge is 0.379 e. The molecule has 1 heterocycles. The van der Waals surface area contributed by atoms with E-state index in [-0.39, 0.29) is 12.4 Å². The van der Waals surface area contributed by atoms with Crippen LogP contribution in [0.4, 0.5) is 0 Å². The number of benzene rings is 1. The van der Waals surface area contributed by atoms with Crippen molar-refractivity contribution in [3.63, 3.8) is 0 Å². The molecule has 0 saturated heterocycles. The molecule has 6 nitrogen and oxygen atoms in total. The molecular weight excluding hydrogens is 216 g/mol. The number of esters is 1. The van der Waals surface area contributed by atoms with Gasteiger partial charge in [-0.25, -0.2) is 4.79 Å². The van der Waals surface area contributed by atoms with E-state index < -0.39 is 12.6 Å². The molecule has 84 valence electrons. The molecule has 0 fully saturated rings. The average Bonchev–Trinajstić information content (AvgIpc) is 2.65. The van der Waals surface area contributed by atoms with Gasteiger partial charge in [-0.05, 0) is 18.2 Å². The maximum Gasteiger partial charge on any atom is 0.379 e. The molecule has 0 unspecified atom stereocenters. The van der Waals surface area contributed by atoms with Gasteiger partial charge in [0.1, 0.15) is 11.5 Å². The molecule has 0 aliphatic carbocycles. The largest absolute Gasteiger partial charge is 0.482 e. The zero-order valence-electron chi connectivity index (χ0n) is 8.13. The van der Waals surface area contributed by atoms with Crippen molar-refractivity contribution in [1.29, 1.82) is 0 Å². The highest BCUT2D eigenvalue weighted by Crippen LogP contribution is 2.29. The monoisotopic (exact) mass is 224 g/mol. The second-order valence-electron chi connectivity index (χ2n) is 3.17. The lowest BCUT2D eigenvalue weighted by molar-refractivity contribution is -0.236. The van der Waals surface area contributed by atoms with Crippen molar-refractivity contribution in [1.82, 2.24) is 0 Å². The standard InChI is InChI=1S/C10H8O6/c11-9-4-6-3-7(1-2-8(6)15-9)14-5-10(12)16-13/h1-3,13H,4-5H2. The van der Waals surface area contributed by atoms with Gasteiger partial charge in [-0.15, -0.1) is 0 Å². The van der Waals surface area contributed by atoms with Crippen LogP contribution in [0.2, 0.25) is 0 Å². The highest BCUT2D eigenvalue weighted by molar-refractivity contribution is 5.81. The van der Waals surface area contributed by atoms with Crippen LogP contribution in [0.25, 0.3) is 0 Å². The molecule has 0 atom stereocenters. The van der Waals surface area contributed by atoms with E-state index in [0.29, 0.717) is 17.1 Å². The quantitative estimate of drug-likeness (QED) is 0.349. The Morgan fingerprint density at radius 2 is 2.31 bits per heavy atom. The summed E-state index contributed by atoms with van der Waals surface area (Å²) < 4.78 is 9.90. The highest BCUT2D eigenvalue weighted by Gasteiger charge is 2.20. The second-order valence-corrected chi connectivity index (χ2v) is 3.17. The molecule has 0 amide bonds. The Hall–Kier alpha value is -2.08. The van der Waals surface area contributed by atoms with Crippen LogP contribution in [0.3, 0.4) is 0 Å². The first kappa shape index (κ1) is 10.4. The Bertz CT molecular complexity index is 439. The number of fused-ring (bicyclic) bond motifs is 1. The minimum Gasteiger partial charge on any atom is -0.482 e. The van der Waals surface area contributed by atoms with E-state index in [1.54, 1.807) is 18.2 Å². The van der Waals surface area contributed by atoms with Gasteiger partial charge in [0.15, 0.2) is 6.61 Å². The number of ether oxygens (including phenoxy) is 2. The normalized spacial score (nSPS) is 12.9. The van der Waals surface area contributed by atoms with E-state index in [1.807, 2.05) is 0 Å². The molecule has 0 radical (unpaired) electrons. The second kappa shape index (κ2) is 4.19. The first-order chi connectivity index (χ1) is 7.69. The molecule has 0 saturated carbocycles. The third-order valence-electron chi connectivity index (χ3n) is 2.05. The average molecular weight is 224 g/mol. The summed E-state index contributed by atoms with van der Waals surface area (Å²) in [6.45, 7) is -0.399. The molecule has 2 rings (SSSR count). The minimum atomic E-state index is -0.896. The van der Waals surface area contributed by atoms with E-state index in [4.69, 9.17) is 14.7 Å². The van der Waals surface area contributed by atoms with E-state index in [0.717, 1.165) is 0 Å². The maximum absolute atomic E-state index is 11.0. The van der Waals surface area contributed by atoms with E-state index in [2.05, 4.69) is 4.89 Å². The number of hydrogen-bond acceptors (Lipinski definition) is 6. The van der Waals surface area contributed by atoms with Crippen molar-refractivity contribution < 1.29 is 29.2 Å². The molecule has 1 aromatic carbocycles. The van der Waals surface area contributed by atoms with Gasteiger partial charge in [-0.3, -0.25) is 9.68 Å². The fraction of sp³-hybridized carbons (Fsp3) is 0.200. The molecule has 0 aromatic heterocycles. The first-order valence-corrected chi connectivity index (χ1v) is 4.49. The molecule has 0 bridgehead atoms. The summed E-state index contributed by atoms with van der Waals surface area (Å²) in [6, 6.07) is 4.74. The molecule has 0 spiro atoms. The van der Waals surface area contributed by atoms with Gasteiger partial charge in [0.2, 0.25) is 0 Å². The van der Waals surface area contributed by atoms with Gasteiger partial charge in [0, 0.05) is 5.56 Å². The van der Waals surface area contributed by atoms with Crippen molar-refractivity contribution in [2.75, 3.05) is 6.61 Å². The van der Waals surface area contributed by atoms with Gasteiger partial charge in [-0.1, -0.05) is 0 Å². The van der Waals surface area contributed by atoms with Crippen molar-refractivity contribution in [2.24, 2.45) is 0 Å². The van der Waals surface area contributed by atoms with Crippen LogP contribution >= 0.6 is 0 Å². The zero-order valence-corrected chi connectivity index (χ0v) is 8.13. The topological polar surface area (TPSA) is 82.1 Å². The lowest BCUT2D eigenvalue weighted by Gasteiger charge is -2.04. The Labute approximate surface area is 90.3 Å². The molecule has 1 aliphatic rings. The molecule has 1 N–H and O–H groups in total. The van der Waals surface area contributed by atoms with E-state index in [9.17, 15) is 9.59 Å². The number of carbonyl (C=O) groups is 2. The van der Waals surface area contributed by atoms with Crippen molar-refractivity contribution >= 4 is 11.9 Å². The lowest BCUT2D eigenvalue weighted by atomic mass is 10.1. The Balaban J connectivity index is 2.05. The molecule has 6 heteroatoms. The van der Waals surface area contributed by atoms with Crippen LogP contribution in [0.1, 0.15) is 5.56 Å². The van der Waals surface area contributed by atoms with E-state index >= 15 is 0 Å². The third kappa shape index (κ3) is 2.12. The lowest BCUT2D eigenvalue weighted by Crippen LogP contribution is -2.12. The van der Waals surface area contributed by atoms with Crippen LogP contribution in [-0.4, -0.2) is 23.8 Å². The molecule has 1 aliphatic heterocycles. The summed E-state index contributed by atoms with van der Waals surface area (Å²) in [7, 11) is 0. The summed E-state index contributed by atoms with van der Waals surface area (Å²) in [4.78, 5) is 25.0. The Kier molecular flexibility index (Phi) is 2.74.